The van der Waals surface area contributed by atoms with E-state index in [0.29, 0.717) is 11.5 Å². The molecule has 2 nitrogen and oxygen atoms in total. The lowest BCUT2D eigenvalue weighted by Gasteiger charge is -2.42. The molecule has 0 amide bonds. The van der Waals surface area contributed by atoms with Crippen LogP contribution in [0.5, 0.6) is 0 Å². The standard InChI is InChI=1S/C17H28N2/c1-5-19(15-9-6-8-14(2)12-15)13-16-17(3,4)10-7-11-18-16/h6,8-9,12,16,18H,5,7,10-11,13H2,1-4H3. The zero-order valence-electron chi connectivity index (χ0n) is 12.9. The highest BCUT2D eigenvalue weighted by atomic mass is 15.2. The van der Waals surface area contributed by atoms with Crippen LogP contribution in [0.15, 0.2) is 24.3 Å². The van der Waals surface area contributed by atoms with E-state index in [1.807, 2.05) is 0 Å². The Bertz CT molecular complexity index is 411. The van der Waals surface area contributed by atoms with Gasteiger partial charge in [0.15, 0.2) is 0 Å². The first kappa shape index (κ1) is 14.4. The third kappa shape index (κ3) is 3.50. The Hall–Kier alpha value is -1.02. The van der Waals surface area contributed by atoms with Gasteiger partial charge in [-0.3, -0.25) is 0 Å². The van der Waals surface area contributed by atoms with E-state index in [-0.39, 0.29) is 0 Å². The summed E-state index contributed by atoms with van der Waals surface area (Å²) in [5.41, 5.74) is 3.09. The highest BCUT2D eigenvalue weighted by molar-refractivity contribution is 5.48. The van der Waals surface area contributed by atoms with Crippen LogP contribution in [0, 0.1) is 12.3 Å². The number of aryl methyl sites for hydroxylation is 1. The molecule has 0 aliphatic carbocycles. The van der Waals surface area contributed by atoms with Crippen molar-refractivity contribution in [2.45, 2.75) is 46.6 Å². The van der Waals surface area contributed by atoms with E-state index in [9.17, 15) is 0 Å². The van der Waals surface area contributed by atoms with Gasteiger partial charge in [0.1, 0.15) is 0 Å². The van der Waals surface area contributed by atoms with Crippen LogP contribution >= 0.6 is 0 Å². The molecule has 2 rings (SSSR count). The quantitative estimate of drug-likeness (QED) is 0.890. The average Bonchev–Trinajstić information content (AvgIpc) is 2.37. The summed E-state index contributed by atoms with van der Waals surface area (Å²) in [5.74, 6) is 0. The van der Waals surface area contributed by atoms with Gasteiger partial charge in [-0.05, 0) is 56.3 Å². The van der Waals surface area contributed by atoms with E-state index in [1.54, 1.807) is 0 Å². The molecule has 1 aromatic carbocycles. The predicted molar refractivity (Wildman–Crippen MR) is 83.9 cm³/mol. The second kappa shape index (κ2) is 5.96. The van der Waals surface area contributed by atoms with Crippen LogP contribution < -0.4 is 10.2 Å². The van der Waals surface area contributed by atoms with Crippen molar-refractivity contribution in [3.05, 3.63) is 29.8 Å². The molecule has 0 bridgehead atoms. The van der Waals surface area contributed by atoms with E-state index in [2.05, 4.69) is 62.2 Å². The van der Waals surface area contributed by atoms with Crippen LogP contribution in [-0.2, 0) is 0 Å². The summed E-state index contributed by atoms with van der Waals surface area (Å²) in [6.45, 7) is 12.5. The monoisotopic (exact) mass is 260 g/mol. The predicted octanol–water partition coefficient (Wildman–Crippen LogP) is 3.60. The molecule has 0 radical (unpaired) electrons. The number of rotatable bonds is 4. The van der Waals surface area contributed by atoms with E-state index < -0.39 is 0 Å². The Balaban J connectivity index is 2.10. The molecule has 1 aliphatic rings. The van der Waals surface area contributed by atoms with Crippen LogP contribution in [0.1, 0.15) is 39.2 Å². The van der Waals surface area contributed by atoms with Crippen molar-refractivity contribution in [2.75, 3.05) is 24.5 Å². The van der Waals surface area contributed by atoms with Gasteiger partial charge in [0, 0.05) is 24.8 Å². The molecular weight excluding hydrogens is 232 g/mol. The van der Waals surface area contributed by atoms with Gasteiger partial charge in [-0.15, -0.1) is 0 Å². The molecule has 19 heavy (non-hydrogen) atoms. The number of hydrogen-bond acceptors (Lipinski definition) is 2. The summed E-state index contributed by atoms with van der Waals surface area (Å²) in [4.78, 5) is 2.50. The summed E-state index contributed by atoms with van der Waals surface area (Å²) in [6, 6.07) is 9.43. The lowest BCUT2D eigenvalue weighted by atomic mass is 9.77. The number of anilines is 1. The Morgan fingerprint density at radius 2 is 2.16 bits per heavy atom. The van der Waals surface area contributed by atoms with Crippen LogP contribution in [0.4, 0.5) is 5.69 Å². The number of likely N-dealkylation sites (N-methyl/N-ethyl adjacent to an activating group) is 1. The number of nitrogens with one attached hydrogen (secondary N) is 1. The van der Waals surface area contributed by atoms with Crippen LogP contribution in [-0.4, -0.2) is 25.7 Å². The fourth-order valence-electron chi connectivity index (χ4n) is 3.04. The Kier molecular flexibility index (Phi) is 4.51. The molecular formula is C17H28N2. The number of piperidine rings is 1. The number of nitrogens with zero attached hydrogens (tertiary/aromatic N) is 1. The van der Waals surface area contributed by atoms with Gasteiger partial charge in [-0.2, -0.15) is 0 Å². The third-order valence-electron chi connectivity index (χ3n) is 4.48. The van der Waals surface area contributed by atoms with Crippen molar-refractivity contribution in [3.63, 3.8) is 0 Å². The average molecular weight is 260 g/mol. The molecule has 1 heterocycles. The second-order valence-corrected chi connectivity index (χ2v) is 6.48. The number of hydrogen-bond donors (Lipinski definition) is 1. The summed E-state index contributed by atoms with van der Waals surface area (Å²) < 4.78 is 0. The minimum atomic E-state index is 0.398. The molecule has 0 aromatic heterocycles. The fraction of sp³-hybridized carbons (Fsp3) is 0.647. The van der Waals surface area contributed by atoms with Crippen molar-refractivity contribution in [1.29, 1.82) is 0 Å². The van der Waals surface area contributed by atoms with Crippen molar-refractivity contribution in [1.82, 2.24) is 5.32 Å². The molecule has 1 atom stereocenters. The highest BCUT2D eigenvalue weighted by Crippen LogP contribution is 2.31. The van der Waals surface area contributed by atoms with Gasteiger partial charge in [0.05, 0.1) is 0 Å². The second-order valence-electron chi connectivity index (χ2n) is 6.48. The summed E-state index contributed by atoms with van der Waals surface area (Å²) in [6.07, 6.45) is 2.64. The minimum absolute atomic E-state index is 0.398. The van der Waals surface area contributed by atoms with Crippen molar-refractivity contribution < 1.29 is 0 Å². The Labute approximate surface area is 118 Å². The molecule has 0 saturated carbocycles. The van der Waals surface area contributed by atoms with Gasteiger partial charge < -0.3 is 10.2 Å². The van der Waals surface area contributed by atoms with Gasteiger partial charge in [0.25, 0.3) is 0 Å². The van der Waals surface area contributed by atoms with Crippen LogP contribution in [0.25, 0.3) is 0 Å². The van der Waals surface area contributed by atoms with Crippen LogP contribution in [0.3, 0.4) is 0 Å². The molecule has 1 N–H and O–H groups in total. The summed E-state index contributed by atoms with van der Waals surface area (Å²) in [5, 5.41) is 3.72. The smallest absolute Gasteiger partial charge is 0.0369 e. The first-order valence-corrected chi connectivity index (χ1v) is 7.58. The molecule has 1 aromatic rings. The van der Waals surface area contributed by atoms with Crippen LogP contribution in [0.2, 0.25) is 0 Å². The van der Waals surface area contributed by atoms with Gasteiger partial charge >= 0.3 is 0 Å². The van der Waals surface area contributed by atoms with E-state index in [0.717, 1.165) is 13.1 Å². The largest absolute Gasteiger partial charge is 0.370 e. The Morgan fingerprint density at radius 3 is 2.79 bits per heavy atom. The van der Waals surface area contributed by atoms with Crippen molar-refractivity contribution in [3.8, 4) is 0 Å². The van der Waals surface area contributed by atoms with Gasteiger partial charge in [-0.1, -0.05) is 26.0 Å². The lowest BCUT2D eigenvalue weighted by molar-refractivity contribution is 0.183. The molecule has 1 fully saturated rings. The summed E-state index contributed by atoms with van der Waals surface area (Å²) in [7, 11) is 0. The highest BCUT2D eigenvalue weighted by Gasteiger charge is 2.32. The molecule has 0 spiro atoms. The lowest BCUT2D eigenvalue weighted by Crippen LogP contribution is -2.53. The van der Waals surface area contributed by atoms with E-state index >= 15 is 0 Å². The topological polar surface area (TPSA) is 15.3 Å². The van der Waals surface area contributed by atoms with Crippen molar-refractivity contribution >= 4 is 5.69 Å². The first-order valence-electron chi connectivity index (χ1n) is 7.58. The van der Waals surface area contributed by atoms with E-state index in [4.69, 9.17) is 0 Å². The Morgan fingerprint density at radius 1 is 1.37 bits per heavy atom. The third-order valence-corrected chi connectivity index (χ3v) is 4.48. The first-order chi connectivity index (χ1) is 9.03. The molecule has 1 unspecified atom stereocenters. The zero-order valence-corrected chi connectivity index (χ0v) is 12.9. The maximum Gasteiger partial charge on any atom is 0.0369 e. The summed E-state index contributed by atoms with van der Waals surface area (Å²) >= 11 is 0. The minimum Gasteiger partial charge on any atom is -0.370 e. The van der Waals surface area contributed by atoms with Crippen molar-refractivity contribution in [2.24, 2.45) is 5.41 Å². The normalized spacial score (nSPS) is 22.2. The van der Waals surface area contributed by atoms with Gasteiger partial charge in [0.2, 0.25) is 0 Å². The molecule has 1 saturated heterocycles. The SMILES string of the molecule is CCN(CC1NCCCC1(C)C)c1cccc(C)c1. The maximum atomic E-state index is 3.72. The molecule has 2 heteroatoms. The zero-order chi connectivity index (χ0) is 13.9. The number of benzene rings is 1. The maximum absolute atomic E-state index is 3.72. The van der Waals surface area contributed by atoms with E-state index in [1.165, 1.54) is 30.6 Å². The fourth-order valence-corrected chi connectivity index (χ4v) is 3.04. The molecule has 1 aliphatic heterocycles. The van der Waals surface area contributed by atoms with Gasteiger partial charge in [-0.25, -0.2) is 0 Å². The molecule has 106 valence electrons.